The number of aliphatic hydroxyl groups is 1. The predicted octanol–water partition coefficient (Wildman–Crippen LogP) is 3.12. The third-order valence-corrected chi connectivity index (χ3v) is 2.95. The number of rotatable bonds is 3. The summed E-state index contributed by atoms with van der Waals surface area (Å²) in [6.45, 7) is 2.23. The summed E-state index contributed by atoms with van der Waals surface area (Å²) in [6.07, 6.45) is 0. The Hall–Kier alpha value is -1.60. The number of hydrogen-bond acceptors (Lipinski definition) is 1. The average molecular weight is 212 g/mol. The Morgan fingerprint density at radius 3 is 2.19 bits per heavy atom. The summed E-state index contributed by atoms with van der Waals surface area (Å²) < 4.78 is 0. The van der Waals surface area contributed by atoms with Crippen molar-refractivity contribution in [3.63, 3.8) is 0 Å². The van der Waals surface area contributed by atoms with Gasteiger partial charge in [-0.3, -0.25) is 0 Å². The molecule has 0 radical (unpaired) electrons. The van der Waals surface area contributed by atoms with Crippen LogP contribution < -0.4 is 0 Å². The van der Waals surface area contributed by atoms with E-state index >= 15 is 0 Å². The lowest BCUT2D eigenvalue weighted by Crippen LogP contribution is -2.07. The van der Waals surface area contributed by atoms with Gasteiger partial charge >= 0.3 is 0 Å². The molecule has 2 rings (SSSR count). The molecule has 0 aliphatic rings. The average Bonchev–Trinajstić information content (AvgIpc) is 2.34. The van der Waals surface area contributed by atoms with Gasteiger partial charge in [-0.2, -0.15) is 0 Å². The van der Waals surface area contributed by atoms with Gasteiger partial charge in [0, 0.05) is 5.92 Å². The lowest BCUT2D eigenvalue weighted by Gasteiger charge is -2.17. The zero-order chi connectivity index (χ0) is 11.4. The van der Waals surface area contributed by atoms with E-state index in [9.17, 15) is 5.11 Å². The van der Waals surface area contributed by atoms with E-state index in [4.69, 9.17) is 0 Å². The molecule has 16 heavy (non-hydrogen) atoms. The van der Waals surface area contributed by atoms with Crippen LogP contribution in [0.25, 0.3) is 0 Å². The minimum Gasteiger partial charge on any atom is -0.395 e. The molecule has 2 aromatic carbocycles. The van der Waals surface area contributed by atoms with Crippen LogP contribution in [0.15, 0.2) is 54.6 Å². The summed E-state index contributed by atoms with van der Waals surface area (Å²) >= 11 is 0. The Labute approximate surface area is 96.4 Å². The van der Waals surface area contributed by atoms with Crippen LogP contribution in [0, 0.1) is 6.92 Å². The Morgan fingerprint density at radius 2 is 1.56 bits per heavy atom. The topological polar surface area (TPSA) is 20.2 Å². The highest BCUT2D eigenvalue weighted by atomic mass is 16.3. The molecule has 82 valence electrons. The lowest BCUT2D eigenvalue weighted by atomic mass is 9.89. The van der Waals surface area contributed by atoms with Gasteiger partial charge in [0.15, 0.2) is 0 Å². The van der Waals surface area contributed by atoms with Crippen molar-refractivity contribution in [1.29, 1.82) is 0 Å². The SMILES string of the molecule is Cc1ccccc1C(CO)c1ccccc1. The zero-order valence-corrected chi connectivity index (χ0v) is 9.43. The van der Waals surface area contributed by atoms with E-state index in [-0.39, 0.29) is 12.5 Å². The van der Waals surface area contributed by atoms with Crippen molar-refractivity contribution in [2.24, 2.45) is 0 Å². The molecule has 1 atom stereocenters. The molecular weight excluding hydrogens is 196 g/mol. The van der Waals surface area contributed by atoms with Gasteiger partial charge in [-0.15, -0.1) is 0 Å². The molecule has 0 aromatic heterocycles. The van der Waals surface area contributed by atoms with Gasteiger partial charge < -0.3 is 5.11 Å². The van der Waals surface area contributed by atoms with Crippen LogP contribution in [0.4, 0.5) is 0 Å². The fourth-order valence-electron chi connectivity index (χ4n) is 2.05. The summed E-state index contributed by atoms with van der Waals surface area (Å²) in [4.78, 5) is 0. The highest BCUT2D eigenvalue weighted by Gasteiger charge is 2.13. The van der Waals surface area contributed by atoms with E-state index in [1.54, 1.807) is 0 Å². The summed E-state index contributed by atoms with van der Waals surface area (Å²) in [5.41, 5.74) is 3.60. The minimum atomic E-state index is 0.0856. The smallest absolute Gasteiger partial charge is 0.0540 e. The first kappa shape index (κ1) is 10.9. The van der Waals surface area contributed by atoms with E-state index in [2.05, 4.69) is 31.2 Å². The van der Waals surface area contributed by atoms with Gasteiger partial charge in [-0.1, -0.05) is 54.6 Å². The third kappa shape index (κ3) is 2.15. The molecule has 1 N–H and O–H groups in total. The molecular formula is C15H16O. The van der Waals surface area contributed by atoms with Crippen LogP contribution in [-0.2, 0) is 0 Å². The molecule has 1 heteroatoms. The van der Waals surface area contributed by atoms with Gasteiger partial charge in [0.2, 0.25) is 0 Å². The van der Waals surface area contributed by atoms with Gasteiger partial charge in [0.05, 0.1) is 6.61 Å². The van der Waals surface area contributed by atoms with E-state index in [0.29, 0.717) is 0 Å². The Kier molecular flexibility index (Phi) is 3.37. The highest BCUT2D eigenvalue weighted by molar-refractivity contribution is 5.37. The summed E-state index contributed by atoms with van der Waals surface area (Å²) in [6, 6.07) is 18.4. The number of aryl methyl sites for hydroxylation is 1. The van der Waals surface area contributed by atoms with E-state index in [1.165, 1.54) is 16.7 Å². The first-order chi connectivity index (χ1) is 7.83. The number of benzene rings is 2. The normalized spacial score (nSPS) is 12.4. The molecule has 0 spiro atoms. The molecule has 0 saturated heterocycles. The Morgan fingerprint density at radius 1 is 0.938 bits per heavy atom. The minimum absolute atomic E-state index is 0.0856. The maximum atomic E-state index is 9.56. The van der Waals surface area contributed by atoms with Crippen molar-refractivity contribution in [3.8, 4) is 0 Å². The quantitative estimate of drug-likeness (QED) is 0.828. The van der Waals surface area contributed by atoms with Crippen LogP contribution in [0.1, 0.15) is 22.6 Å². The van der Waals surface area contributed by atoms with Gasteiger partial charge in [-0.05, 0) is 23.6 Å². The third-order valence-electron chi connectivity index (χ3n) is 2.95. The second-order valence-electron chi connectivity index (χ2n) is 4.00. The number of hydrogen-bond donors (Lipinski definition) is 1. The van der Waals surface area contributed by atoms with E-state index < -0.39 is 0 Å². The first-order valence-electron chi connectivity index (χ1n) is 5.54. The first-order valence-corrected chi connectivity index (χ1v) is 5.54. The van der Waals surface area contributed by atoms with Crippen LogP contribution in [0.3, 0.4) is 0 Å². The molecule has 1 unspecified atom stereocenters. The van der Waals surface area contributed by atoms with Crippen molar-refractivity contribution in [3.05, 3.63) is 71.3 Å². The van der Waals surface area contributed by atoms with Gasteiger partial charge in [0.1, 0.15) is 0 Å². The molecule has 0 bridgehead atoms. The van der Waals surface area contributed by atoms with Crippen LogP contribution >= 0.6 is 0 Å². The van der Waals surface area contributed by atoms with Crippen LogP contribution in [0.2, 0.25) is 0 Å². The largest absolute Gasteiger partial charge is 0.395 e. The van der Waals surface area contributed by atoms with Crippen molar-refractivity contribution in [1.82, 2.24) is 0 Å². The van der Waals surface area contributed by atoms with E-state index in [1.807, 2.05) is 30.3 Å². The fourth-order valence-corrected chi connectivity index (χ4v) is 2.05. The Bertz CT molecular complexity index is 448. The second kappa shape index (κ2) is 4.95. The zero-order valence-electron chi connectivity index (χ0n) is 9.43. The molecule has 0 fully saturated rings. The summed E-state index contributed by atoms with van der Waals surface area (Å²) in [7, 11) is 0. The molecule has 1 nitrogen and oxygen atoms in total. The molecule has 0 amide bonds. The molecule has 2 aromatic rings. The highest BCUT2D eigenvalue weighted by Crippen LogP contribution is 2.26. The van der Waals surface area contributed by atoms with Crippen LogP contribution in [-0.4, -0.2) is 11.7 Å². The number of aliphatic hydroxyl groups excluding tert-OH is 1. The molecule has 0 heterocycles. The maximum Gasteiger partial charge on any atom is 0.0540 e. The second-order valence-corrected chi connectivity index (χ2v) is 4.00. The molecule has 0 saturated carbocycles. The summed E-state index contributed by atoms with van der Waals surface area (Å²) in [5, 5.41) is 9.56. The lowest BCUT2D eigenvalue weighted by molar-refractivity contribution is 0.280. The fraction of sp³-hybridized carbons (Fsp3) is 0.200. The molecule has 0 aliphatic heterocycles. The summed E-state index contributed by atoms with van der Waals surface area (Å²) in [5.74, 6) is 0.0856. The van der Waals surface area contributed by atoms with Gasteiger partial charge in [-0.25, -0.2) is 0 Å². The van der Waals surface area contributed by atoms with Gasteiger partial charge in [0.25, 0.3) is 0 Å². The van der Waals surface area contributed by atoms with E-state index in [0.717, 1.165) is 0 Å². The Balaban J connectivity index is 2.41. The van der Waals surface area contributed by atoms with Crippen molar-refractivity contribution >= 4 is 0 Å². The van der Waals surface area contributed by atoms with Crippen molar-refractivity contribution in [2.45, 2.75) is 12.8 Å². The van der Waals surface area contributed by atoms with Crippen LogP contribution in [0.5, 0.6) is 0 Å². The predicted molar refractivity (Wildman–Crippen MR) is 66.5 cm³/mol. The standard InChI is InChI=1S/C15H16O/c1-12-7-5-6-10-14(12)15(11-16)13-8-3-2-4-9-13/h2-10,15-16H,11H2,1H3. The molecule has 0 aliphatic carbocycles. The monoisotopic (exact) mass is 212 g/mol. The van der Waals surface area contributed by atoms with Crippen molar-refractivity contribution < 1.29 is 5.11 Å². The van der Waals surface area contributed by atoms with Crippen molar-refractivity contribution in [2.75, 3.05) is 6.61 Å². The maximum absolute atomic E-state index is 9.56.